The molecule has 0 aliphatic heterocycles. The molecule has 0 bridgehead atoms. The topological polar surface area (TPSA) is 60.2 Å². The molecule has 2 aromatic rings. The van der Waals surface area contributed by atoms with Crippen molar-refractivity contribution in [3.8, 4) is 5.75 Å². The maximum absolute atomic E-state index is 6.00. The van der Waals surface area contributed by atoms with Crippen LogP contribution in [0.1, 0.15) is 17.2 Å². The molecule has 0 radical (unpaired) electrons. The third-order valence-corrected chi connectivity index (χ3v) is 3.44. The zero-order valence-electron chi connectivity index (χ0n) is 11.6. The summed E-state index contributed by atoms with van der Waals surface area (Å²) < 4.78 is 5.41. The second-order valence-corrected chi connectivity index (χ2v) is 4.96. The molecule has 1 atom stereocenters. The average molecular weight is 292 g/mol. The molecule has 5 heteroatoms. The summed E-state index contributed by atoms with van der Waals surface area (Å²) in [4.78, 5) is 4.01. The third-order valence-electron chi connectivity index (χ3n) is 3.20. The van der Waals surface area contributed by atoms with E-state index < -0.39 is 0 Å². The van der Waals surface area contributed by atoms with Crippen molar-refractivity contribution >= 4 is 17.4 Å². The van der Waals surface area contributed by atoms with Gasteiger partial charge in [0.2, 0.25) is 0 Å². The van der Waals surface area contributed by atoms with Crippen LogP contribution >= 0.6 is 11.6 Å². The normalized spacial score (nSPS) is 12.2. The number of benzene rings is 1. The summed E-state index contributed by atoms with van der Waals surface area (Å²) in [5, 5.41) is 3.96. The van der Waals surface area contributed by atoms with Gasteiger partial charge in [0.05, 0.1) is 7.11 Å². The first-order valence-corrected chi connectivity index (χ1v) is 6.73. The quantitative estimate of drug-likeness (QED) is 0.889. The van der Waals surface area contributed by atoms with Crippen molar-refractivity contribution in [3.63, 3.8) is 0 Å². The smallest absolute Gasteiger partial charge is 0.125 e. The molecule has 106 valence electrons. The van der Waals surface area contributed by atoms with Gasteiger partial charge >= 0.3 is 0 Å². The molecule has 20 heavy (non-hydrogen) atoms. The zero-order valence-corrected chi connectivity index (χ0v) is 12.3. The molecule has 0 amide bonds. The fraction of sp³-hybridized carbons (Fsp3) is 0.267. The lowest BCUT2D eigenvalue weighted by atomic mass is 9.98. The highest BCUT2D eigenvalue weighted by Crippen LogP contribution is 2.30. The van der Waals surface area contributed by atoms with Crippen LogP contribution in [0.25, 0.3) is 0 Å². The molecule has 0 aliphatic rings. The fourth-order valence-electron chi connectivity index (χ4n) is 2.20. The minimum atomic E-state index is 0.115. The van der Waals surface area contributed by atoms with Gasteiger partial charge in [0.15, 0.2) is 0 Å². The number of pyridine rings is 1. The van der Waals surface area contributed by atoms with E-state index in [1.165, 1.54) is 0 Å². The molecule has 0 fully saturated rings. The van der Waals surface area contributed by atoms with E-state index in [-0.39, 0.29) is 6.04 Å². The number of ether oxygens (including phenoxy) is 1. The van der Waals surface area contributed by atoms with Gasteiger partial charge < -0.3 is 15.8 Å². The fourth-order valence-corrected chi connectivity index (χ4v) is 2.36. The highest BCUT2D eigenvalue weighted by molar-refractivity contribution is 6.30. The zero-order chi connectivity index (χ0) is 14.5. The summed E-state index contributed by atoms with van der Waals surface area (Å²) >= 11 is 6.00. The van der Waals surface area contributed by atoms with Gasteiger partial charge in [-0.2, -0.15) is 0 Å². The molecule has 4 nitrogen and oxygen atoms in total. The molecular formula is C15H18ClN3O. The van der Waals surface area contributed by atoms with Gasteiger partial charge in [-0.05, 0) is 43.3 Å². The van der Waals surface area contributed by atoms with E-state index in [0.29, 0.717) is 10.8 Å². The number of halogens is 1. The Morgan fingerprint density at radius 2 is 2.15 bits per heavy atom. The molecule has 1 aromatic heterocycles. The van der Waals surface area contributed by atoms with Crippen LogP contribution in [0.2, 0.25) is 5.02 Å². The number of hydrogen-bond acceptors (Lipinski definition) is 4. The van der Waals surface area contributed by atoms with Crippen molar-refractivity contribution < 1.29 is 4.74 Å². The summed E-state index contributed by atoms with van der Waals surface area (Å²) in [7, 11) is 3.57. The molecule has 3 N–H and O–H groups in total. The SMILES string of the molecule is CNC(Cc1ccnc(N)c1)c1ccc(Cl)cc1OC. The van der Waals surface area contributed by atoms with Crippen LogP contribution in [-0.2, 0) is 6.42 Å². The first-order chi connectivity index (χ1) is 9.63. The summed E-state index contributed by atoms with van der Waals surface area (Å²) in [6.07, 6.45) is 2.51. The van der Waals surface area contributed by atoms with E-state index >= 15 is 0 Å². The second kappa shape index (κ2) is 6.59. The van der Waals surface area contributed by atoms with E-state index in [0.717, 1.165) is 23.3 Å². The summed E-state index contributed by atoms with van der Waals surface area (Å²) in [5.74, 6) is 1.30. The minimum absolute atomic E-state index is 0.115. The van der Waals surface area contributed by atoms with Crippen LogP contribution in [0.5, 0.6) is 5.75 Å². The predicted molar refractivity (Wildman–Crippen MR) is 82.2 cm³/mol. The summed E-state index contributed by atoms with van der Waals surface area (Å²) in [6.45, 7) is 0. The number of nitrogens with two attached hydrogens (primary N) is 1. The highest BCUT2D eigenvalue weighted by Gasteiger charge is 2.15. The molecule has 1 unspecified atom stereocenters. The number of likely N-dealkylation sites (N-methyl/N-ethyl adjacent to an activating group) is 1. The Morgan fingerprint density at radius 1 is 1.35 bits per heavy atom. The van der Waals surface area contributed by atoms with E-state index in [1.807, 2.05) is 37.4 Å². The van der Waals surface area contributed by atoms with Gasteiger partial charge in [-0.3, -0.25) is 0 Å². The van der Waals surface area contributed by atoms with Gasteiger partial charge in [0, 0.05) is 22.8 Å². The van der Waals surface area contributed by atoms with Crippen LogP contribution in [0.4, 0.5) is 5.82 Å². The molecule has 2 rings (SSSR count). The minimum Gasteiger partial charge on any atom is -0.496 e. The van der Waals surface area contributed by atoms with Crippen LogP contribution in [-0.4, -0.2) is 19.1 Å². The number of anilines is 1. The lowest BCUT2D eigenvalue weighted by molar-refractivity contribution is 0.401. The van der Waals surface area contributed by atoms with Gasteiger partial charge in [0.25, 0.3) is 0 Å². The first kappa shape index (κ1) is 14.6. The van der Waals surface area contributed by atoms with Crippen LogP contribution < -0.4 is 15.8 Å². The number of nitrogens with zero attached hydrogens (tertiary/aromatic N) is 1. The van der Waals surface area contributed by atoms with Gasteiger partial charge in [-0.25, -0.2) is 4.98 Å². The van der Waals surface area contributed by atoms with Crippen molar-refractivity contribution in [1.29, 1.82) is 0 Å². The number of rotatable bonds is 5. The van der Waals surface area contributed by atoms with Crippen molar-refractivity contribution in [1.82, 2.24) is 10.3 Å². The van der Waals surface area contributed by atoms with Gasteiger partial charge in [0.1, 0.15) is 11.6 Å². The Labute approximate surface area is 123 Å². The van der Waals surface area contributed by atoms with Crippen LogP contribution in [0.3, 0.4) is 0 Å². The van der Waals surface area contributed by atoms with Crippen molar-refractivity contribution in [2.45, 2.75) is 12.5 Å². The number of methoxy groups -OCH3 is 1. The second-order valence-electron chi connectivity index (χ2n) is 4.52. The van der Waals surface area contributed by atoms with Crippen LogP contribution in [0, 0.1) is 0 Å². The maximum Gasteiger partial charge on any atom is 0.125 e. The number of nitrogens with one attached hydrogen (secondary N) is 1. The molecule has 1 aromatic carbocycles. The predicted octanol–water partition coefficient (Wildman–Crippen LogP) is 2.83. The number of aromatic nitrogens is 1. The summed E-state index contributed by atoms with van der Waals surface area (Å²) in [6, 6.07) is 9.62. The van der Waals surface area contributed by atoms with Crippen molar-refractivity contribution in [2.75, 3.05) is 19.9 Å². The Kier molecular flexibility index (Phi) is 4.82. The van der Waals surface area contributed by atoms with E-state index in [9.17, 15) is 0 Å². The lowest BCUT2D eigenvalue weighted by Gasteiger charge is -2.19. The Hall–Kier alpha value is -1.78. The number of hydrogen-bond donors (Lipinski definition) is 2. The molecule has 0 aliphatic carbocycles. The largest absolute Gasteiger partial charge is 0.496 e. The van der Waals surface area contributed by atoms with E-state index in [4.69, 9.17) is 22.1 Å². The third kappa shape index (κ3) is 3.40. The Bertz CT molecular complexity index is 589. The standard InChI is InChI=1S/C15H18ClN3O/c1-18-13(7-10-5-6-19-15(17)8-10)12-4-3-11(16)9-14(12)20-2/h3-6,8-9,13,18H,7H2,1-2H3,(H2,17,19). The molecule has 0 saturated heterocycles. The summed E-state index contributed by atoms with van der Waals surface area (Å²) in [5.41, 5.74) is 7.90. The average Bonchev–Trinajstić information content (AvgIpc) is 2.45. The molecule has 0 saturated carbocycles. The molecule has 0 spiro atoms. The van der Waals surface area contributed by atoms with Gasteiger partial charge in [-0.1, -0.05) is 17.7 Å². The van der Waals surface area contributed by atoms with Crippen LogP contribution in [0.15, 0.2) is 36.5 Å². The Balaban J connectivity index is 2.28. The van der Waals surface area contributed by atoms with Crippen molar-refractivity contribution in [2.24, 2.45) is 0 Å². The van der Waals surface area contributed by atoms with Gasteiger partial charge in [-0.15, -0.1) is 0 Å². The molecular weight excluding hydrogens is 274 g/mol. The highest BCUT2D eigenvalue weighted by atomic mass is 35.5. The van der Waals surface area contributed by atoms with E-state index in [1.54, 1.807) is 13.3 Å². The maximum atomic E-state index is 6.00. The first-order valence-electron chi connectivity index (χ1n) is 6.35. The molecule has 1 heterocycles. The Morgan fingerprint density at radius 3 is 2.80 bits per heavy atom. The lowest BCUT2D eigenvalue weighted by Crippen LogP contribution is -2.19. The monoisotopic (exact) mass is 291 g/mol. The van der Waals surface area contributed by atoms with Crippen molar-refractivity contribution in [3.05, 3.63) is 52.7 Å². The van der Waals surface area contributed by atoms with E-state index in [2.05, 4.69) is 10.3 Å². The number of nitrogen functional groups attached to an aromatic ring is 1.